The summed E-state index contributed by atoms with van der Waals surface area (Å²) in [5.74, 6) is -0.328. The Hall–Kier alpha value is -1.56. The fourth-order valence-electron chi connectivity index (χ4n) is 2.71. The zero-order valence-corrected chi connectivity index (χ0v) is 15.7. The Morgan fingerprint density at radius 1 is 1.17 bits per heavy atom. The maximum absolute atomic E-state index is 12.9. The molecule has 3 rings (SSSR count). The number of rotatable bonds is 3. The van der Waals surface area contributed by atoms with E-state index in [1.54, 1.807) is 31.2 Å². The van der Waals surface area contributed by atoms with Gasteiger partial charge in [-0.15, -0.1) is 0 Å². The van der Waals surface area contributed by atoms with Crippen LogP contribution in [0, 0.1) is 0 Å². The maximum Gasteiger partial charge on any atom is 0.325 e. The third kappa shape index (κ3) is 2.92. The Bertz CT molecular complexity index is 843. The zero-order valence-electron chi connectivity index (χ0n) is 12.6. The summed E-state index contributed by atoms with van der Waals surface area (Å²) >= 11 is 15.5. The average Bonchev–Trinajstić information content (AvgIpc) is 2.74. The Morgan fingerprint density at radius 2 is 1.88 bits per heavy atom. The van der Waals surface area contributed by atoms with Crippen molar-refractivity contribution in [1.82, 2.24) is 10.2 Å². The van der Waals surface area contributed by atoms with Crippen molar-refractivity contribution in [2.45, 2.75) is 19.0 Å². The molecule has 1 aliphatic rings. The molecule has 0 aliphatic carbocycles. The topological polar surface area (TPSA) is 49.4 Å². The van der Waals surface area contributed by atoms with E-state index in [9.17, 15) is 9.59 Å². The van der Waals surface area contributed by atoms with E-state index in [-0.39, 0.29) is 12.5 Å². The van der Waals surface area contributed by atoms with Gasteiger partial charge in [0, 0.05) is 20.1 Å². The Morgan fingerprint density at radius 3 is 2.54 bits per heavy atom. The second-order valence-corrected chi connectivity index (χ2v) is 7.36. The standard InChI is InChI=1S/C17H13BrCl2N2O2/c1-17(12-4-2-3-5-13(12)18)15(23)22(16(24)21-17)9-10-6-7-11(19)8-14(10)20/h2-8H,9H2,1H3,(H,21,24). The summed E-state index contributed by atoms with van der Waals surface area (Å²) < 4.78 is 0.757. The molecule has 1 heterocycles. The number of hydrogen-bond donors (Lipinski definition) is 1. The molecule has 1 fully saturated rings. The molecule has 2 aromatic carbocycles. The molecule has 1 N–H and O–H groups in total. The van der Waals surface area contributed by atoms with Crippen LogP contribution >= 0.6 is 39.1 Å². The Labute approximate surface area is 157 Å². The predicted octanol–water partition coefficient (Wildman–Crippen LogP) is 4.72. The molecule has 1 unspecified atom stereocenters. The summed E-state index contributed by atoms with van der Waals surface area (Å²) in [6.07, 6.45) is 0. The van der Waals surface area contributed by atoms with Crippen LogP contribution in [0.25, 0.3) is 0 Å². The van der Waals surface area contributed by atoms with E-state index in [1.165, 1.54) is 0 Å². The molecule has 0 spiro atoms. The Kier molecular flexibility index (Phi) is 4.60. The molecule has 7 heteroatoms. The second-order valence-electron chi connectivity index (χ2n) is 5.66. The van der Waals surface area contributed by atoms with Crippen molar-refractivity contribution < 1.29 is 9.59 Å². The van der Waals surface area contributed by atoms with Crippen LogP contribution in [0.4, 0.5) is 4.79 Å². The van der Waals surface area contributed by atoms with E-state index in [4.69, 9.17) is 23.2 Å². The fourth-order valence-corrected chi connectivity index (χ4v) is 3.86. The highest BCUT2D eigenvalue weighted by atomic mass is 79.9. The van der Waals surface area contributed by atoms with Gasteiger partial charge < -0.3 is 5.32 Å². The van der Waals surface area contributed by atoms with Crippen LogP contribution < -0.4 is 5.32 Å². The van der Waals surface area contributed by atoms with E-state index >= 15 is 0 Å². The number of nitrogens with zero attached hydrogens (tertiary/aromatic N) is 1. The number of imide groups is 1. The average molecular weight is 428 g/mol. The van der Waals surface area contributed by atoms with Crippen molar-refractivity contribution in [3.63, 3.8) is 0 Å². The molecule has 1 aliphatic heterocycles. The molecule has 3 amide bonds. The van der Waals surface area contributed by atoms with Crippen molar-refractivity contribution in [3.05, 3.63) is 68.1 Å². The smallest absolute Gasteiger partial charge is 0.319 e. The van der Waals surface area contributed by atoms with Crippen LogP contribution in [0.1, 0.15) is 18.1 Å². The molecule has 24 heavy (non-hydrogen) atoms. The summed E-state index contributed by atoms with van der Waals surface area (Å²) in [4.78, 5) is 26.5. The van der Waals surface area contributed by atoms with E-state index < -0.39 is 11.6 Å². The van der Waals surface area contributed by atoms with Crippen LogP contribution in [0.5, 0.6) is 0 Å². The fraction of sp³-hybridized carbons (Fsp3) is 0.176. The summed E-state index contributed by atoms with van der Waals surface area (Å²) in [6, 6.07) is 11.8. The van der Waals surface area contributed by atoms with Gasteiger partial charge in [-0.25, -0.2) is 4.79 Å². The lowest BCUT2D eigenvalue weighted by molar-refractivity contribution is -0.131. The number of amides is 3. The van der Waals surface area contributed by atoms with Crippen molar-refractivity contribution >= 4 is 51.1 Å². The number of urea groups is 1. The van der Waals surface area contributed by atoms with Crippen molar-refractivity contribution in [3.8, 4) is 0 Å². The van der Waals surface area contributed by atoms with Crippen LogP contribution in [-0.4, -0.2) is 16.8 Å². The van der Waals surface area contributed by atoms with Gasteiger partial charge in [-0.2, -0.15) is 0 Å². The van der Waals surface area contributed by atoms with E-state index in [2.05, 4.69) is 21.2 Å². The van der Waals surface area contributed by atoms with Gasteiger partial charge >= 0.3 is 6.03 Å². The zero-order chi connectivity index (χ0) is 17.5. The molecule has 0 radical (unpaired) electrons. The minimum absolute atomic E-state index is 0.0840. The van der Waals surface area contributed by atoms with Gasteiger partial charge in [0.25, 0.3) is 5.91 Å². The highest BCUT2D eigenvalue weighted by Gasteiger charge is 2.49. The quantitative estimate of drug-likeness (QED) is 0.720. The number of carbonyl (C=O) groups excluding carboxylic acids is 2. The van der Waals surface area contributed by atoms with Gasteiger partial charge in [0.05, 0.1) is 6.54 Å². The van der Waals surface area contributed by atoms with Gasteiger partial charge in [-0.1, -0.05) is 63.4 Å². The van der Waals surface area contributed by atoms with E-state index in [0.717, 1.165) is 9.37 Å². The molecular formula is C17H13BrCl2N2O2. The van der Waals surface area contributed by atoms with Crippen LogP contribution in [-0.2, 0) is 16.9 Å². The first-order chi connectivity index (χ1) is 11.3. The Balaban J connectivity index is 1.93. The predicted molar refractivity (Wildman–Crippen MR) is 97.0 cm³/mol. The van der Waals surface area contributed by atoms with Crippen molar-refractivity contribution in [1.29, 1.82) is 0 Å². The van der Waals surface area contributed by atoms with Crippen LogP contribution in [0.2, 0.25) is 10.0 Å². The van der Waals surface area contributed by atoms with Crippen molar-refractivity contribution in [2.24, 2.45) is 0 Å². The van der Waals surface area contributed by atoms with E-state index in [1.807, 2.05) is 18.2 Å². The second kappa shape index (κ2) is 6.39. The minimum atomic E-state index is -1.13. The molecule has 1 atom stereocenters. The molecule has 4 nitrogen and oxygen atoms in total. The molecule has 0 aromatic heterocycles. The minimum Gasteiger partial charge on any atom is -0.319 e. The van der Waals surface area contributed by atoms with Crippen LogP contribution in [0.15, 0.2) is 46.9 Å². The first kappa shape index (κ1) is 17.3. The number of hydrogen-bond acceptors (Lipinski definition) is 2. The molecule has 1 saturated heterocycles. The normalized spacial score (nSPS) is 20.4. The number of halogens is 3. The first-order valence-corrected chi connectivity index (χ1v) is 8.71. The third-order valence-corrected chi connectivity index (χ3v) is 5.31. The highest BCUT2D eigenvalue weighted by molar-refractivity contribution is 9.10. The summed E-state index contributed by atoms with van der Waals surface area (Å²) in [5, 5.41) is 3.69. The monoisotopic (exact) mass is 426 g/mol. The maximum atomic E-state index is 12.9. The lowest BCUT2D eigenvalue weighted by atomic mass is 9.92. The van der Waals surface area contributed by atoms with Gasteiger partial charge in [-0.3, -0.25) is 9.69 Å². The van der Waals surface area contributed by atoms with Gasteiger partial charge in [0.1, 0.15) is 5.54 Å². The molecule has 2 aromatic rings. The number of carbonyl (C=O) groups is 2. The van der Waals surface area contributed by atoms with Gasteiger partial charge in [-0.05, 0) is 30.7 Å². The SMILES string of the molecule is CC1(c2ccccc2Br)NC(=O)N(Cc2ccc(Cl)cc2Cl)C1=O. The molecule has 0 saturated carbocycles. The van der Waals surface area contributed by atoms with Gasteiger partial charge in [0.15, 0.2) is 0 Å². The van der Waals surface area contributed by atoms with Crippen LogP contribution in [0.3, 0.4) is 0 Å². The highest BCUT2D eigenvalue weighted by Crippen LogP contribution is 2.34. The molecule has 0 bridgehead atoms. The summed E-state index contributed by atoms with van der Waals surface area (Å²) in [5.41, 5.74) is 0.227. The lowest BCUT2D eigenvalue weighted by Crippen LogP contribution is -2.41. The third-order valence-electron chi connectivity index (χ3n) is 4.03. The number of benzene rings is 2. The lowest BCUT2D eigenvalue weighted by Gasteiger charge is -2.23. The number of nitrogens with one attached hydrogen (secondary N) is 1. The van der Waals surface area contributed by atoms with E-state index in [0.29, 0.717) is 21.2 Å². The largest absolute Gasteiger partial charge is 0.325 e. The molecular weight excluding hydrogens is 415 g/mol. The van der Waals surface area contributed by atoms with Crippen molar-refractivity contribution in [2.75, 3.05) is 0 Å². The first-order valence-electron chi connectivity index (χ1n) is 7.16. The van der Waals surface area contributed by atoms with Gasteiger partial charge in [0.2, 0.25) is 0 Å². The summed E-state index contributed by atoms with van der Waals surface area (Å²) in [7, 11) is 0. The summed E-state index contributed by atoms with van der Waals surface area (Å²) in [6.45, 7) is 1.78. The molecule has 124 valence electrons.